The largest absolute Gasteiger partial charge is 0.388 e. The SMILES string of the molecule is CCC(C)C(O)c1ccc(C)c(Br)c1. The number of rotatable bonds is 3. The standard InChI is InChI=1S/C12H17BrO/c1-4-8(2)12(14)10-6-5-9(3)11(13)7-10/h5-8,12,14H,4H2,1-3H3. The summed E-state index contributed by atoms with van der Waals surface area (Å²) in [5.74, 6) is 0.310. The highest BCUT2D eigenvalue weighted by molar-refractivity contribution is 9.10. The Morgan fingerprint density at radius 2 is 2.07 bits per heavy atom. The van der Waals surface area contributed by atoms with E-state index in [2.05, 4.69) is 29.8 Å². The van der Waals surface area contributed by atoms with Crippen LogP contribution in [-0.4, -0.2) is 5.11 Å². The zero-order valence-corrected chi connectivity index (χ0v) is 10.5. The molecule has 0 aromatic heterocycles. The summed E-state index contributed by atoms with van der Waals surface area (Å²) < 4.78 is 1.07. The van der Waals surface area contributed by atoms with E-state index in [1.54, 1.807) is 0 Å². The highest BCUT2D eigenvalue weighted by Gasteiger charge is 2.14. The molecule has 0 saturated heterocycles. The highest BCUT2D eigenvalue weighted by atomic mass is 79.9. The molecular weight excluding hydrogens is 240 g/mol. The van der Waals surface area contributed by atoms with Gasteiger partial charge in [-0.15, -0.1) is 0 Å². The molecule has 1 nitrogen and oxygen atoms in total. The van der Waals surface area contributed by atoms with Crippen LogP contribution in [-0.2, 0) is 0 Å². The second-order valence-electron chi connectivity index (χ2n) is 3.84. The zero-order chi connectivity index (χ0) is 10.7. The first-order valence-corrected chi connectivity index (χ1v) is 5.79. The van der Waals surface area contributed by atoms with Crippen LogP contribution in [0.25, 0.3) is 0 Å². The molecule has 0 aliphatic heterocycles. The van der Waals surface area contributed by atoms with E-state index in [1.165, 1.54) is 5.56 Å². The van der Waals surface area contributed by atoms with Crippen LogP contribution in [0.3, 0.4) is 0 Å². The Morgan fingerprint density at radius 3 is 2.57 bits per heavy atom. The van der Waals surface area contributed by atoms with Crippen LogP contribution < -0.4 is 0 Å². The molecule has 0 fully saturated rings. The maximum Gasteiger partial charge on any atom is 0.0815 e. The summed E-state index contributed by atoms with van der Waals surface area (Å²) in [4.78, 5) is 0. The van der Waals surface area contributed by atoms with Gasteiger partial charge in [0.05, 0.1) is 6.10 Å². The lowest BCUT2D eigenvalue weighted by atomic mass is 9.95. The van der Waals surface area contributed by atoms with Crippen molar-refractivity contribution in [3.8, 4) is 0 Å². The van der Waals surface area contributed by atoms with Gasteiger partial charge in [-0.1, -0.05) is 48.3 Å². The van der Waals surface area contributed by atoms with Gasteiger partial charge in [0, 0.05) is 4.47 Å². The van der Waals surface area contributed by atoms with Crippen LogP contribution in [0.1, 0.15) is 37.5 Å². The third-order valence-electron chi connectivity index (χ3n) is 2.72. The van der Waals surface area contributed by atoms with E-state index in [0.717, 1.165) is 16.5 Å². The van der Waals surface area contributed by atoms with E-state index >= 15 is 0 Å². The topological polar surface area (TPSA) is 20.2 Å². The minimum absolute atomic E-state index is 0.310. The molecule has 0 saturated carbocycles. The third-order valence-corrected chi connectivity index (χ3v) is 3.57. The van der Waals surface area contributed by atoms with Crippen molar-refractivity contribution < 1.29 is 5.11 Å². The summed E-state index contributed by atoms with van der Waals surface area (Å²) in [5, 5.41) is 9.98. The summed E-state index contributed by atoms with van der Waals surface area (Å²) in [6.07, 6.45) is 0.643. The van der Waals surface area contributed by atoms with Crippen molar-refractivity contribution in [2.24, 2.45) is 5.92 Å². The lowest BCUT2D eigenvalue weighted by Gasteiger charge is -2.18. The summed E-state index contributed by atoms with van der Waals surface area (Å²) >= 11 is 3.47. The van der Waals surface area contributed by atoms with Crippen LogP contribution in [0, 0.1) is 12.8 Å². The lowest BCUT2D eigenvalue weighted by Crippen LogP contribution is -2.08. The summed E-state index contributed by atoms with van der Waals surface area (Å²) in [7, 11) is 0. The van der Waals surface area contributed by atoms with Crippen LogP contribution in [0.15, 0.2) is 22.7 Å². The average Bonchev–Trinajstić information content (AvgIpc) is 2.20. The van der Waals surface area contributed by atoms with E-state index in [-0.39, 0.29) is 6.10 Å². The fourth-order valence-electron chi connectivity index (χ4n) is 1.34. The molecule has 2 atom stereocenters. The Balaban J connectivity index is 2.91. The molecule has 1 aromatic rings. The quantitative estimate of drug-likeness (QED) is 0.872. The lowest BCUT2D eigenvalue weighted by molar-refractivity contribution is 0.115. The van der Waals surface area contributed by atoms with Gasteiger partial charge in [-0.3, -0.25) is 0 Å². The van der Waals surface area contributed by atoms with Crippen molar-refractivity contribution in [2.45, 2.75) is 33.3 Å². The fraction of sp³-hybridized carbons (Fsp3) is 0.500. The Morgan fingerprint density at radius 1 is 1.43 bits per heavy atom. The van der Waals surface area contributed by atoms with Crippen molar-refractivity contribution in [1.29, 1.82) is 0 Å². The van der Waals surface area contributed by atoms with Crippen LogP contribution in [0.4, 0.5) is 0 Å². The smallest absolute Gasteiger partial charge is 0.0815 e. The molecule has 0 heterocycles. The predicted molar refractivity (Wildman–Crippen MR) is 63.3 cm³/mol. The van der Waals surface area contributed by atoms with Crippen molar-refractivity contribution in [3.63, 3.8) is 0 Å². The van der Waals surface area contributed by atoms with Crippen molar-refractivity contribution in [2.75, 3.05) is 0 Å². The van der Waals surface area contributed by atoms with Crippen LogP contribution >= 0.6 is 15.9 Å². The number of aryl methyl sites for hydroxylation is 1. The maximum atomic E-state index is 9.98. The first-order chi connectivity index (χ1) is 6.56. The summed E-state index contributed by atoms with van der Waals surface area (Å²) in [6, 6.07) is 6.04. The molecule has 2 heteroatoms. The van der Waals surface area contributed by atoms with Crippen molar-refractivity contribution >= 4 is 15.9 Å². The molecular formula is C12H17BrO. The van der Waals surface area contributed by atoms with Gasteiger partial charge in [0.25, 0.3) is 0 Å². The summed E-state index contributed by atoms with van der Waals surface area (Å²) in [5.41, 5.74) is 2.20. The first-order valence-electron chi connectivity index (χ1n) is 5.00. The minimum Gasteiger partial charge on any atom is -0.388 e. The number of aliphatic hydroxyl groups is 1. The fourth-order valence-corrected chi connectivity index (χ4v) is 1.74. The highest BCUT2D eigenvalue weighted by Crippen LogP contribution is 2.27. The monoisotopic (exact) mass is 256 g/mol. The molecule has 1 N–H and O–H groups in total. The number of hydrogen-bond acceptors (Lipinski definition) is 1. The van der Waals surface area contributed by atoms with Gasteiger partial charge in [0.15, 0.2) is 0 Å². The number of aliphatic hydroxyl groups excluding tert-OH is 1. The van der Waals surface area contributed by atoms with Gasteiger partial charge in [-0.05, 0) is 30.0 Å². The number of benzene rings is 1. The maximum absolute atomic E-state index is 9.98. The molecule has 1 rings (SSSR count). The number of hydrogen-bond donors (Lipinski definition) is 1. The van der Waals surface area contributed by atoms with Crippen LogP contribution in [0.5, 0.6) is 0 Å². The molecule has 1 aromatic carbocycles. The van der Waals surface area contributed by atoms with E-state index in [0.29, 0.717) is 5.92 Å². The van der Waals surface area contributed by atoms with E-state index in [1.807, 2.05) is 25.1 Å². The van der Waals surface area contributed by atoms with Crippen molar-refractivity contribution in [1.82, 2.24) is 0 Å². The molecule has 14 heavy (non-hydrogen) atoms. The molecule has 0 aliphatic rings. The molecule has 2 unspecified atom stereocenters. The first kappa shape index (κ1) is 11.7. The van der Waals surface area contributed by atoms with Gasteiger partial charge < -0.3 is 5.11 Å². The van der Waals surface area contributed by atoms with E-state index < -0.39 is 0 Å². The zero-order valence-electron chi connectivity index (χ0n) is 8.92. The predicted octanol–water partition coefficient (Wildman–Crippen LogP) is 3.84. The molecule has 0 radical (unpaired) electrons. The Kier molecular flexibility index (Phi) is 4.14. The van der Waals surface area contributed by atoms with Crippen molar-refractivity contribution in [3.05, 3.63) is 33.8 Å². The number of halogens is 1. The van der Waals surface area contributed by atoms with E-state index in [4.69, 9.17) is 0 Å². The third kappa shape index (κ3) is 2.58. The Labute approximate surface area is 94.3 Å². The second kappa shape index (κ2) is 4.94. The molecule has 0 aliphatic carbocycles. The normalized spacial score (nSPS) is 15.2. The van der Waals surface area contributed by atoms with E-state index in [9.17, 15) is 5.11 Å². The Bertz CT molecular complexity index is 309. The van der Waals surface area contributed by atoms with Gasteiger partial charge in [-0.2, -0.15) is 0 Å². The van der Waals surface area contributed by atoms with Gasteiger partial charge >= 0.3 is 0 Å². The molecule has 0 bridgehead atoms. The molecule has 0 spiro atoms. The van der Waals surface area contributed by atoms with Gasteiger partial charge in [-0.25, -0.2) is 0 Å². The van der Waals surface area contributed by atoms with Crippen LogP contribution in [0.2, 0.25) is 0 Å². The van der Waals surface area contributed by atoms with Gasteiger partial charge in [0.2, 0.25) is 0 Å². The summed E-state index contributed by atoms with van der Waals surface area (Å²) in [6.45, 7) is 6.21. The minimum atomic E-state index is -0.350. The molecule has 0 amide bonds. The molecule has 78 valence electrons. The average molecular weight is 257 g/mol. The Hall–Kier alpha value is -0.340. The van der Waals surface area contributed by atoms with Gasteiger partial charge in [0.1, 0.15) is 0 Å². The second-order valence-corrected chi connectivity index (χ2v) is 4.69.